The fraction of sp³-hybridized carbons (Fsp3) is 0.412. The topological polar surface area (TPSA) is 58.4 Å². The van der Waals surface area contributed by atoms with Gasteiger partial charge in [-0.1, -0.05) is 6.42 Å². The summed E-state index contributed by atoms with van der Waals surface area (Å²) in [6.45, 7) is 2.61. The standard InChI is InChI=1S/C17H20BrN3O2/c18-14-9-13(10-19-11-14)17(22)20-12-15(16-5-4-8-23-16)21-6-2-1-3-7-21/h4-5,8-11,15H,1-3,6-7,12H2,(H,20,22). The normalized spacial score (nSPS) is 16.9. The molecular weight excluding hydrogens is 358 g/mol. The largest absolute Gasteiger partial charge is 0.468 e. The fourth-order valence-corrected chi connectivity index (χ4v) is 3.31. The monoisotopic (exact) mass is 377 g/mol. The predicted octanol–water partition coefficient (Wildman–Crippen LogP) is 3.39. The molecule has 0 radical (unpaired) electrons. The van der Waals surface area contributed by atoms with E-state index in [1.807, 2.05) is 12.1 Å². The van der Waals surface area contributed by atoms with Gasteiger partial charge >= 0.3 is 0 Å². The molecule has 1 saturated heterocycles. The Hall–Kier alpha value is -1.66. The number of furan rings is 1. The summed E-state index contributed by atoms with van der Waals surface area (Å²) in [7, 11) is 0. The first kappa shape index (κ1) is 16.2. The van der Waals surface area contributed by atoms with E-state index in [9.17, 15) is 4.79 Å². The van der Waals surface area contributed by atoms with E-state index in [0.29, 0.717) is 12.1 Å². The van der Waals surface area contributed by atoms with Gasteiger partial charge in [0.05, 0.1) is 17.9 Å². The average molecular weight is 378 g/mol. The van der Waals surface area contributed by atoms with Gasteiger partial charge in [0.2, 0.25) is 0 Å². The van der Waals surface area contributed by atoms with E-state index in [-0.39, 0.29) is 11.9 Å². The number of aromatic nitrogens is 1. The third-order valence-electron chi connectivity index (χ3n) is 4.13. The zero-order valence-electron chi connectivity index (χ0n) is 12.9. The molecule has 1 fully saturated rings. The summed E-state index contributed by atoms with van der Waals surface area (Å²) in [6.07, 6.45) is 8.59. The lowest BCUT2D eigenvalue weighted by Gasteiger charge is -2.33. The molecule has 1 N–H and O–H groups in total. The Kier molecular flexibility index (Phi) is 5.46. The lowest BCUT2D eigenvalue weighted by Crippen LogP contribution is -2.40. The quantitative estimate of drug-likeness (QED) is 0.867. The molecule has 0 spiro atoms. The first-order valence-corrected chi connectivity index (χ1v) is 8.69. The Bertz CT molecular complexity index is 639. The maximum Gasteiger partial charge on any atom is 0.252 e. The third kappa shape index (κ3) is 4.20. The van der Waals surface area contributed by atoms with Gasteiger partial charge in [-0.15, -0.1) is 0 Å². The maximum atomic E-state index is 12.3. The molecule has 0 bridgehead atoms. The number of likely N-dealkylation sites (tertiary alicyclic amines) is 1. The second-order valence-corrected chi connectivity index (χ2v) is 6.65. The summed E-state index contributed by atoms with van der Waals surface area (Å²) in [4.78, 5) is 18.8. The highest BCUT2D eigenvalue weighted by Crippen LogP contribution is 2.24. The van der Waals surface area contributed by atoms with Crippen LogP contribution in [-0.2, 0) is 0 Å². The number of nitrogens with zero attached hydrogens (tertiary/aromatic N) is 2. The smallest absolute Gasteiger partial charge is 0.252 e. The number of carbonyl (C=O) groups is 1. The molecule has 0 saturated carbocycles. The molecule has 3 heterocycles. The molecule has 1 aliphatic rings. The van der Waals surface area contributed by atoms with Crippen LogP contribution >= 0.6 is 15.9 Å². The highest BCUT2D eigenvalue weighted by Gasteiger charge is 2.25. The van der Waals surface area contributed by atoms with Crippen molar-refractivity contribution in [1.82, 2.24) is 15.2 Å². The van der Waals surface area contributed by atoms with Gasteiger partial charge in [-0.2, -0.15) is 0 Å². The van der Waals surface area contributed by atoms with Gasteiger partial charge in [0.25, 0.3) is 5.91 Å². The SMILES string of the molecule is O=C(NCC(c1ccco1)N1CCCCC1)c1cncc(Br)c1. The van der Waals surface area contributed by atoms with Crippen molar-refractivity contribution in [2.75, 3.05) is 19.6 Å². The number of pyridine rings is 1. The predicted molar refractivity (Wildman–Crippen MR) is 91.1 cm³/mol. The first-order chi connectivity index (χ1) is 11.2. The van der Waals surface area contributed by atoms with Crippen molar-refractivity contribution >= 4 is 21.8 Å². The zero-order chi connectivity index (χ0) is 16.1. The van der Waals surface area contributed by atoms with Gasteiger partial charge in [-0.25, -0.2) is 0 Å². The molecule has 23 heavy (non-hydrogen) atoms. The minimum absolute atomic E-state index is 0.0781. The van der Waals surface area contributed by atoms with Crippen LogP contribution in [0.2, 0.25) is 0 Å². The van der Waals surface area contributed by atoms with E-state index in [0.717, 1.165) is 23.3 Å². The van der Waals surface area contributed by atoms with Gasteiger partial charge < -0.3 is 9.73 Å². The molecule has 2 aromatic heterocycles. The van der Waals surface area contributed by atoms with E-state index in [1.165, 1.54) is 19.3 Å². The van der Waals surface area contributed by atoms with E-state index >= 15 is 0 Å². The highest BCUT2D eigenvalue weighted by atomic mass is 79.9. The molecule has 6 heteroatoms. The van der Waals surface area contributed by atoms with Crippen LogP contribution in [-0.4, -0.2) is 35.4 Å². The van der Waals surface area contributed by atoms with Crippen molar-refractivity contribution in [3.63, 3.8) is 0 Å². The molecule has 0 aliphatic carbocycles. The summed E-state index contributed by atoms with van der Waals surface area (Å²) < 4.78 is 6.39. The molecule has 122 valence electrons. The van der Waals surface area contributed by atoms with E-state index < -0.39 is 0 Å². The minimum atomic E-state index is -0.118. The summed E-state index contributed by atoms with van der Waals surface area (Å²) in [6, 6.07) is 5.72. The van der Waals surface area contributed by atoms with Gasteiger partial charge in [0.1, 0.15) is 5.76 Å². The zero-order valence-corrected chi connectivity index (χ0v) is 14.5. The number of carbonyl (C=O) groups excluding carboxylic acids is 1. The van der Waals surface area contributed by atoms with Crippen LogP contribution < -0.4 is 5.32 Å². The van der Waals surface area contributed by atoms with Crippen LogP contribution in [0.15, 0.2) is 45.7 Å². The number of piperidine rings is 1. The van der Waals surface area contributed by atoms with Gasteiger partial charge in [0, 0.05) is 23.4 Å². The second-order valence-electron chi connectivity index (χ2n) is 5.73. The molecule has 1 aliphatic heterocycles. The second kappa shape index (κ2) is 7.75. The molecular formula is C17H20BrN3O2. The van der Waals surface area contributed by atoms with Crippen LogP contribution in [0.3, 0.4) is 0 Å². The van der Waals surface area contributed by atoms with Crippen LogP contribution in [0.25, 0.3) is 0 Å². The molecule has 1 atom stereocenters. The van der Waals surface area contributed by atoms with E-state index in [2.05, 4.69) is 31.1 Å². The highest BCUT2D eigenvalue weighted by molar-refractivity contribution is 9.10. The fourth-order valence-electron chi connectivity index (χ4n) is 2.95. The maximum absolute atomic E-state index is 12.3. The van der Waals surface area contributed by atoms with E-state index in [1.54, 1.807) is 24.7 Å². The average Bonchev–Trinajstić information content (AvgIpc) is 3.10. The van der Waals surface area contributed by atoms with Gasteiger partial charge in [0.15, 0.2) is 0 Å². The molecule has 5 nitrogen and oxygen atoms in total. The third-order valence-corrected chi connectivity index (χ3v) is 4.56. The van der Waals surface area contributed by atoms with Crippen molar-refractivity contribution in [1.29, 1.82) is 0 Å². The van der Waals surface area contributed by atoms with E-state index in [4.69, 9.17) is 4.42 Å². The van der Waals surface area contributed by atoms with Crippen molar-refractivity contribution in [2.45, 2.75) is 25.3 Å². The summed E-state index contributed by atoms with van der Waals surface area (Å²) in [5, 5.41) is 3.01. The Morgan fingerprint density at radius 1 is 1.35 bits per heavy atom. The Labute approximate surface area is 144 Å². The van der Waals surface area contributed by atoms with Crippen LogP contribution in [0.1, 0.15) is 41.4 Å². The number of hydrogen-bond acceptors (Lipinski definition) is 4. The Morgan fingerprint density at radius 3 is 2.87 bits per heavy atom. The number of hydrogen-bond donors (Lipinski definition) is 1. The van der Waals surface area contributed by atoms with Crippen LogP contribution in [0.5, 0.6) is 0 Å². The van der Waals surface area contributed by atoms with Crippen LogP contribution in [0, 0.1) is 0 Å². The molecule has 2 aromatic rings. The number of nitrogens with one attached hydrogen (secondary N) is 1. The molecule has 3 rings (SSSR count). The molecule has 1 unspecified atom stereocenters. The minimum Gasteiger partial charge on any atom is -0.468 e. The van der Waals surface area contributed by atoms with Gasteiger partial charge in [-0.3, -0.25) is 14.7 Å². The Morgan fingerprint density at radius 2 is 2.17 bits per heavy atom. The van der Waals surface area contributed by atoms with Crippen molar-refractivity contribution < 1.29 is 9.21 Å². The number of halogens is 1. The van der Waals surface area contributed by atoms with Crippen molar-refractivity contribution in [2.24, 2.45) is 0 Å². The summed E-state index contributed by atoms with van der Waals surface area (Å²) in [5.41, 5.74) is 0.552. The number of rotatable bonds is 5. The molecule has 0 aromatic carbocycles. The van der Waals surface area contributed by atoms with Crippen LogP contribution in [0.4, 0.5) is 0 Å². The lowest BCUT2D eigenvalue weighted by atomic mass is 10.1. The van der Waals surface area contributed by atoms with Crippen molar-refractivity contribution in [3.8, 4) is 0 Å². The Balaban J connectivity index is 1.67. The lowest BCUT2D eigenvalue weighted by molar-refractivity contribution is 0.0913. The van der Waals surface area contributed by atoms with Crippen molar-refractivity contribution in [3.05, 3.63) is 52.7 Å². The molecule has 1 amide bonds. The van der Waals surface area contributed by atoms with Gasteiger partial charge in [-0.05, 0) is 60.1 Å². The summed E-state index contributed by atoms with van der Waals surface area (Å²) >= 11 is 3.34. The number of amides is 1. The summed E-state index contributed by atoms with van der Waals surface area (Å²) in [5.74, 6) is 0.784. The first-order valence-electron chi connectivity index (χ1n) is 7.90.